The zero-order valence-corrected chi connectivity index (χ0v) is 11.2. The number of hydrogen-bond acceptors (Lipinski definition) is 3. The number of ether oxygens (including phenoxy) is 1. The summed E-state index contributed by atoms with van der Waals surface area (Å²) in [5.41, 5.74) is -0.375. The lowest BCUT2D eigenvalue weighted by molar-refractivity contribution is -0.00320. The lowest BCUT2D eigenvalue weighted by Gasteiger charge is -2.41. The molecule has 17 heavy (non-hydrogen) atoms. The molecule has 0 aromatic carbocycles. The van der Waals surface area contributed by atoms with Crippen LogP contribution in [0.3, 0.4) is 0 Å². The Bertz CT molecular complexity index is 276. The van der Waals surface area contributed by atoms with Gasteiger partial charge in [0.2, 0.25) is 0 Å². The van der Waals surface area contributed by atoms with E-state index >= 15 is 0 Å². The molecule has 98 valence electrons. The summed E-state index contributed by atoms with van der Waals surface area (Å²) in [6, 6.07) is 0. The van der Waals surface area contributed by atoms with Gasteiger partial charge in [0.05, 0.1) is 0 Å². The summed E-state index contributed by atoms with van der Waals surface area (Å²) in [7, 11) is 0. The molecule has 0 aliphatic carbocycles. The SMILES string of the molecule is CC(C)(C)OC(=O)N1CC(CCC2CNC2)C1. The van der Waals surface area contributed by atoms with Gasteiger partial charge in [0.15, 0.2) is 0 Å². The maximum atomic E-state index is 11.7. The van der Waals surface area contributed by atoms with Crippen LogP contribution in [0.1, 0.15) is 33.6 Å². The lowest BCUT2D eigenvalue weighted by Crippen LogP contribution is -2.52. The molecule has 0 unspecified atom stereocenters. The maximum Gasteiger partial charge on any atom is 0.410 e. The molecular weight excluding hydrogens is 216 g/mol. The zero-order chi connectivity index (χ0) is 12.5. The largest absolute Gasteiger partial charge is 0.444 e. The fraction of sp³-hybridized carbons (Fsp3) is 0.923. The maximum absolute atomic E-state index is 11.7. The van der Waals surface area contributed by atoms with Crippen LogP contribution in [0.25, 0.3) is 0 Å². The second-order valence-corrected chi connectivity index (χ2v) is 6.35. The van der Waals surface area contributed by atoms with Gasteiger partial charge in [-0.05, 0) is 58.5 Å². The smallest absolute Gasteiger partial charge is 0.410 e. The molecule has 2 rings (SSSR count). The predicted molar refractivity (Wildman–Crippen MR) is 66.9 cm³/mol. The molecule has 2 fully saturated rings. The minimum atomic E-state index is -0.375. The van der Waals surface area contributed by atoms with Crippen LogP contribution < -0.4 is 5.32 Å². The van der Waals surface area contributed by atoms with E-state index in [1.54, 1.807) is 0 Å². The molecule has 0 aromatic heterocycles. The minimum absolute atomic E-state index is 0.154. The van der Waals surface area contributed by atoms with Crippen LogP contribution >= 0.6 is 0 Å². The fourth-order valence-corrected chi connectivity index (χ4v) is 2.25. The van der Waals surface area contributed by atoms with Gasteiger partial charge in [-0.2, -0.15) is 0 Å². The average Bonchev–Trinajstić information content (AvgIpc) is 2.01. The van der Waals surface area contributed by atoms with Gasteiger partial charge in [0.25, 0.3) is 0 Å². The Morgan fingerprint density at radius 2 is 1.82 bits per heavy atom. The van der Waals surface area contributed by atoms with Crippen molar-refractivity contribution < 1.29 is 9.53 Å². The molecule has 2 saturated heterocycles. The lowest BCUT2D eigenvalue weighted by atomic mass is 9.88. The quantitative estimate of drug-likeness (QED) is 0.818. The molecular formula is C13H24N2O2. The van der Waals surface area contributed by atoms with Gasteiger partial charge in [-0.1, -0.05) is 0 Å². The molecule has 2 heterocycles. The normalized spacial score (nSPS) is 21.9. The summed E-state index contributed by atoms with van der Waals surface area (Å²) in [5, 5.41) is 3.29. The van der Waals surface area contributed by atoms with Crippen LogP contribution in [0, 0.1) is 11.8 Å². The van der Waals surface area contributed by atoms with Crippen LogP contribution in [0.2, 0.25) is 0 Å². The summed E-state index contributed by atoms with van der Waals surface area (Å²) >= 11 is 0. The third kappa shape index (κ3) is 3.60. The van der Waals surface area contributed by atoms with Crippen molar-refractivity contribution in [2.45, 2.75) is 39.2 Å². The second kappa shape index (κ2) is 4.84. The molecule has 0 spiro atoms. The highest BCUT2D eigenvalue weighted by Crippen LogP contribution is 2.25. The molecule has 0 saturated carbocycles. The van der Waals surface area contributed by atoms with Crippen molar-refractivity contribution in [2.24, 2.45) is 11.8 Å². The van der Waals surface area contributed by atoms with Gasteiger partial charge in [0.1, 0.15) is 5.60 Å². The first-order chi connectivity index (χ1) is 7.94. The molecule has 0 atom stereocenters. The van der Waals surface area contributed by atoms with Crippen molar-refractivity contribution in [3.05, 3.63) is 0 Å². The minimum Gasteiger partial charge on any atom is -0.444 e. The first-order valence-corrected chi connectivity index (χ1v) is 6.63. The Morgan fingerprint density at radius 3 is 2.29 bits per heavy atom. The van der Waals surface area contributed by atoms with Gasteiger partial charge in [-0.15, -0.1) is 0 Å². The highest BCUT2D eigenvalue weighted by molar-refractivity contribution is 5.69. The fourth-order valence-electron chi connectivity index (χ4n) is 2.25. The Morgan fingerprint density at radius 1 is 1.24 bits per heavy atom. The average molecular weight is 240 g/mol. The Balaban J connectivity index is 1.59. The Kier molecular flexibility index (Phi) is 3.61. The van der Waals surface area contributed by atoms with Crippen molar-refractivity contribution in [1.29, 1.82) is 0 Å². The third-order valence-corrected chi connectivity index (χ3v) is 3.46. The number of hydrogen-bond donors (Lipinski definition) is 1. The number of likely N-dealkylation sites (tertiary alicyclic amines) is 1. The molecule has 0 bridgehead atoms. The van der Waals surface area contributed by atoms with Gasteiger partial charge in [0, 0.05) is 13.1 Å². The van der Waals surface area contributed by atoms with E-state index in [9.17, 15) is 4.79 Å². The first-order valence-electron chi connectivity index (χ1n) is 6.63. The van der Waals surface area contributed by atoms with Crippen molar-refractivity contribution in [1.82, 2.24) is 10.2 Å². The summed E-state index contributed by atoms with van der Waals surface area (Å²) in [4.78, 5) is 13.5. The van der Waals surface area contributed by atoms with Crippen molar-refractivity contribution in [3.8, 4) is 0 Å². The van der Waals surface area contributed by atoms with Gasteiger partial charge in [-0.25, -0.2) is 4.79 Å². The van der Waals surface area contributed by atoms with Gasteiger partial charge in [-0.3, -0.25) is 0 Å². The Hall–Kier alpha value is -0.770. The van der Waals surface area contributed by atoms with E-state index in [2.05, 4.69) is 5.32 Å². The molecule has 0 aromatic rings. The van der Waals surface area contributed by atoms with E-state index in [1.807, 2.05) is 25.7 Å². The number of carbonyl (C=O) groups excluding carboxylic acids is 1. The number of amides is 1. The zero-order valence-electron chi connectivity index (χ0n) is 11.2. The second-order valence-electron chi connectivity index (χ2n) is 6.35. The van der Waals surface area contributed by atoms with Crippen molar-refractivity contribution >= 4 is 6.09 Å². The predicted octanol–water partition coefficient (Wildman–Crippen LogP) is 1.85. The molecule has 1 N–H and O–H groups in total. The summed E-state index contributed by atoms with van der Waals surface area (Å²) < 4.78 is 5.32. The molecule has 4 heteroatoms. The van der Waals surface area contributed by atoms with Crippen LogP contribution in [0.4, 0.5) is 4.79 Å². The summed E-state index contributed by atoms with van der Waals surface area (Å²) in [5.74, 6) is 1.58. The van der Waals surface area contributed by atoms with Crippen LogP contribution in [0.15, 0.2) is 0 Å². The summed E-state index contributed by atoms with van der Waals surface area (Å²) in [6.07, 6.45) is 2.41. The molecule has 0 radical (unpaired) electrons. The van der Waals surface area contributed by atoms with E-state index in [1.165, 1.54) is 25.9 Å². The molecule has 2 aliphatic heterocycles. The monoisotopic (exact) mass is 240 g/mol. The van der Waals surface area contributed by atoms with E-state index in [0.29, 0.717) is 5.92 Å². The number of nitrogens with one attached hydrogen (secondary N) is 1. The van der Waals surface area contributed by atoms with Crippen LogP contribution in [-0.4, -0.2) is 42.8 Å². The number of carbonyl (C=O) groups is 1. The van der Waals surface area contributed by atoms with E-state index in [-0.39, 0.29) is 11.7 Å². The third-order valence-electron chi connectivity index (χ3n) is 3.46. The first kappa shape index (κ1) is 12.7. The molecule has 4 nitrogen and oxygen atoms in total. The summed E-state index contributed by atoms with van der Waals surface area (Å²) in [6.45, 7) is 9.86. The van der Waals surface area contributed by atoms with Crippen molar-refractivity contribution in [3.63, 3.8) is 0 Å². The highest BCUT2D eigenvalue weighted by Gasteiger charge is 2.33. The number of nitrogens with zero attached hydrogens (tertiary/aromatic N) is 1. The van der Waals surface area contributed by atoms with E-state index in [0.717, 1.165) is 19.0 Å². The van der Waals surface area contributed by atoms with E-state index in [4.69, 9.17) is 4.74 Å². The van der Waals surface area contributed by atoms with Crippen LogP contribution in [-0.2, 0) is 4.74 Å². The van der Waals surface area contributed by atoms with Gasteiger partial charge < -0.3 is 15.0 Å². The van der Waals surface area contributed by atoms with E-state index < -0.39 is 0 Å². The molecule has 2 aliphatic rings. The standard InChI is InChI=1S/C13H24N2O2/c1-13(2,3)17-12(16)15-8-11(9-15)5-4-10-6-14-7-10/h10-11,14H,4-9H2,1-3H3. The highest BCUT2D eigenvalue weighted by atomic mass is 16.6. The topological polar surface area (TPSA) is 41.6 Å². The van der Waals surface area contributed by atoms with Crippen molar-refractivity contribution in [2.75, 3.05) is 26.2 Å². The van der Waals surface area contributed by atoms with Gasteiger partial charge >= 0.3 is 6.09 Å². The molecule has 1 amide bonds. The number of rotatable bonds is 3. The Labute approximate surface area is 104 Å². The van der Waals surface area contributed by atoms with Crippen LogP contribution in [0.5, 0.6) is 0 Å².